The van der Waals surface area contributed by atoms with E-state index in [0.29, 0.717) is 17.8 Å². The molecule has 3 heteroatoms. The van der Waals surface area contributed by atoms with E-state index in [1.54, 1.807) is 0 Å². The Morgan fingerprint density at radius 1 is 1.53 bits per heavy atom. The van der Waals surface area contributed by atoms with Crippen molar-refractivity contribution in [3.05, 3.63) is 0 Å². The number of nitrogens with one attached hydrogen (secondary N) is 1. The van der Waals surface area contributed by atoms with Crippen molar-refractivity contribution in [2.24, 2.45) is 11.3 Å². The van der Waals surface area contributed by atoms with Gasteiger partial charge in [0.25, 0.3) is 0 Å². The topological polar surface area (TPSA) is 29.1 Å². The summed E-state index contributed by atoms with van der Waals surface area (Å²) in [5, 5.41) is 4.13. The van der Waals surface area contributed by atoms with E-state index in [1.807, 2.05) is 0 Å². The maximum atomic E-state index is 11.6. The molecule has 1 saturated carbocycles. The third-order valence-corrected chi connectivity index (χ3v) is 3.87. The second kappa shape index (κ2) is 5.88. The molecule has 1 rings (SSSR count). The fraction of sp³-hybridized carbons (Fsp3) is 0.917. The summed E-state index contributed by atoms with van der Waals surface area (Å²) in [7, 11) is 0. The molecule has 1 amide bonds. The Balaban J connectivity index is 2.16. The van der Waals surface area contributed by atoms with E-state index < -0.39 is 0 Å². The van der Waals surface area contributed by atoms with Crippen molar-refractivity contribution in [3.63, 3.8) is 0 Å². The minimum Gasteiger partial charge on any atom is -0.356 e. The fourth-order valence-electron chi connectivity index (χ4n) is 1.71. The Labute approximate surface area is 101 Å². The molecule has 0 aliphatic heterocycles. The van der Waals surface area contributed by atoms with Crippen LogP contribution in [0.4, 0.5) is 0 Å². The predicted molar refractivity (Wildman–Crippen MR) is 67.2 cm³/mol. The first-order chi connectivity index (χ1) is 7.12. The van der Waals surface area contributed by atoms with E-state index in [-0.39, 0.29) is 5.91 Å². The van der Waals surface area contributed by atoms with Gasteiger partial charge in [0.1, 0.15) is 0 Å². The number of amides is 1. The van der Waals surface area contributed by atoms with Crippen LogP contribution in [-0.4, -0.2) is 17.8 Å². The molecule has 1 aliphatic carbocycles. The van der Waals surface area contributed by atoms with Crippen molar-refractivity contribution in [3.8, 4) is 0 Å². The van der Waals surface area contributed by atoms with Crippen LogP contribution in [-0.2, 0) is 4.79 Å². The van der Waals surface area contributed by atoms with Crippen LogP contribution in [0.2, 0.25) is 0 Å². The number of carbonyl (C=O) groups excluding carboxylic acids is 1. The van der Waals surface area contributed by atoms with Gasteiger partial charge < -0.3 is 5.32 Å². The lowest BCUT2D eigenvalue weighted by atomic mass is 10.0. The molecule has 0 spiro atoms. The lowest BCUT2D eigenvalue weighted by Gasteiger charge is -2.15. The van der Waals surface area contributed by atoms with Gasteiger partial charge in [-0.1, -0.05) is 36.2 Å². The van der Waals surface area contributed by atoms with Crippen molar-refractivity contribution >= 4 is 21.8 Å². The first kappa shape index (κ1) is 13.0. The third kappa shape index (κ3) is 4.54. The lowest BCUT2D eigenvalue weighted by Crippen LogP contribution is -2.31. The number of carbonyl (C=O) groups is 1. The van der Waals surface area contributed by atoms with Crippen LogP contribution in [0.3, 0.4) is 0 Å². The molecule has 0 heterocycles. The average molecular weight is 276 g/mol. The van der Waals surface area contributed by atoms with Gasteiger partial charge in [-0.25, -0.2) is 0 Å². The molecule has 0 aromatic heterocycles. The molecule has 0 radical (unpaired) electrons. The number of halogens is 1. The summed E-state index contributed by atoms with van der Waals surface area (Å²) in [5.41, 5.74) is 0.439. The smallest absolute Gasteiger partial charge is 0.220 e. The molecule has 0 bridgehead atoms. The lowest BCUT2D eigenvalue weighted by molar-refractivity contribution is -0.122. The molecule has 88 valence electrons. The van der Waals surface area contributed by atoms with Crippen molar-refractivity contribution < 1.29 is 4.79 Å². The second-order valence-corrected chi connectivity index (χ2v) is 5.73. The highest BCUT2D eigenvalue weighted by molar-refractivity contribution is 9.09. The van der Waals surface area contributed by atoms with E-state index >= 15 is 0 Å². The van der Waals surface area contributed by atoms with Crippen LogP contribution >= 0.6 is 15.9 Å². The van der Waals surface area contributed by atoms with Gasteiger partial charge in [-0.05, 0) is 30.6 Å². The van der Waals surface area contributed by atoms with E-state index in [1.165, 1.54) is 19.3 Å². The number of hydrogen-bond acceptors (Lipinski definition) is 1. The van der Waals surface area contributed by atoms with Crippen molar-refractivity contribution in [1.29, 1.82) is 0 Å². The number of alkyl halides is 1. The Morgan fingerprint density at radius 3 is 2.67 bits per heavy atom. The van der Waals surface area contributed by atoms with Crippen LogP contribution in [0.5, 0.6) is 0 Å². The maximum Gasteiger partial charge on any atom is 0.220 e. The molecule has 2 nitrogen and oxygen atoms in total. The van der Waals surface area contributed by atoms with E-state index in [4.69, 9.17) is 0 Å². The van der Waals surface area contributed by atoms with E-state index in [0.717, 1.165) is 18.3 Å². The first-order valence-corrected chi connectivity index (χ1v) is 7.07. The Hall–Kier alpha value is -0.0500. The number of hydrogen-bond donors (Lipinski definition) is 1. The van der Waals surface area contributed by atoms with Crippen LogP contribution in [0.1, 0.15) is 46.0 Å². The Kier molecular flexibility index (Phi) is 5.10. The molecule has 1 unspecified atom stereocenters. The zero-order valence-corrected chi connectivity index (χ0v) is 11.4. The SMILES string of the molecule is CCC(C)CC(=O)NCC1(CCBr)CC1. The summed E-state index contributed by atoms with van der Waals surface area (Å²) in [6.45, 7) is 5.14. The molecule has 1 N–H and O–H groups in total. The first-order valence-electron chi connectivity index (χ1n) is 5.94. The second-order valence-electron chi connectivity index (χ2n) is 4.93. The quantitative estimate of drug-likeness (QED) is 0.711. The average Bonchev–Trinajstić information content (AvgIpc) is 2.96. The van der Waals surface area contributed by atoms with Crippen molar-refractivity contribution in [2.75, 3.05) is 11.9 Å². The van der Waals surface area contributed by atoms with Crippen LogP contribution < -0.4 is 5.32 Å². The van der Waals surface area contributed by atoms with Crippen LogP contribution in [0.15, 0.2) is 0 Å². The van der Waals surface area contributed by atoms with Gasteiger partial charge in [-0.2, -0.15) is 0 Å². The minimum absolute atomic E-state index is 0.227. The predicted octanol–water partition coefficient (Wildman–Crippen LogP) is 3.10. The molecular weight excluding hydrogens is 254 g/mol. The third-order valence-electron chi connectivity index (χ3n) is 3.47. The summed E-state index contributed by atoms with van der Waals surface area (Å²) in [6, 6.07) is 0. The van der Waals surface area contributed by atoms with Gasteiger partial charge >= 0.3 is 0 Å². The summed E-state index contributed by atoms with van der Waals surface area (Å²) < 4.78 is 0. The Morgan fingerprint density at radius 2 is 2.20 bits per heavy atom. The highest BCUT2D eigenvalue weighted by Crippen LogP contribution is 2.48. The van der Waals surface area contributed by atoms with Gasteiger partial charge in [0.05, 0.1) is 0 Å². The summed E-state index contributed by atoms with van der Waals surface area (Å²) >= 11 is 3.47. The molecular formula is C12H22BrNO. The van der Waals surface area contributed by atoms with Gasteiger partial charge in [0, 0.05) is 18.3 Å². The van der Waals surface area contributed by atoms with Gasteiger partial charge in [-0.15, -0.1) is 0 Å². The van der Waals surface area contributed by atoms with Crippen molar-refractivity contribution in [2.45, 2.75) is 46.0 Å². The van der Waals surface area contributed by atoms with Gasteiger partial charge in [0.15, 0.2) is 0 Å². The van der Waals surface area contributed by atoms with Crippen LogP contribution in [0, 0.1) is 11.3 Å². The molecule has 1 fully saturated rings. The van der Waals surface area contributed by atoms with Crippen LogP contribution in [0.25, 0.3) is 0 Å². The normalized spacial score (nSPS) is 19.7. The zero-order chi connectivity index (χ0) is 11.3. The monoisotopic (exact) mass is 275 g/mol. The molecule has 0 aromatic carbocycles. The Bertz CT molecular complexity index is 214. The molecule has 1 aliphatic rings. The summed E-state index contributed by atoms with van der Waals surface area (Å²) in [6.07, 6.45) is 5.52. The van der Waals surface area contributed by atoms with Crippen molar-refractivity contribution in [1.82, 2.24) is 5.32 Å². The minimum atomic E-state index is 0.227. The maximum absolute atomic E-state index is 11.6. The zero-order valence-electron chi connectivity index (χ0n) is 9.81. The summed E-state index contributed by atoms with van der Waals surface area (Å²) in [4.78, 5) is 11.6. The standard InChI is InChI=1S/C12H22BrNO/c1-3-10(2)8-11(15)14-9-12(4-5-12)6-7-13/h10H,3-9H2,1-2H3,(H,14,15). The van der Waals surface area contributed by atoms with Gasteiger partial charge in [-0.3, -0.25) is 4.79 Å². The number of rotatable bonds is 7. The fourth-order valence-corrected chi connectivity index (χ4v) is 2.55. The molecule has 0 saturated heterocycles. The largest absolute Gasteiger partial charge is 0.356 e. The highest BCUT2D eigenvalue weighted by atomic mass is 79.9. The van der Waals surface area contributed by atoms with Gasteiger partial charge in [0.2, 0.25) is 5.91 Å². The molecule has 15 heavy (non-hydrogen) atoms. The molecule has 1 atom stereocenters. The van der Waals surface area contributed by atoms with E-state index in [9.17, 15) is 4.79 Å². The molecule has 0 aromatic rings. The van der Waals surface area contributed by atoms with E-state index in [2.05, 4.69) is 35.1 Å². The highest BCUT2D eigenvalue weighted by Gasteiger charge is 2.41. The summed E-state index contributed by atoms with van der Waals surface area (Å²) in [5.74, 6) is 0.738.